The average Bonchev–Trinajstić information content (AvgIpc) is 2.75. The van der Waals surface area contributed by atoms with Crippen molar-refractivity contribution in [1.82, 2.24) is 15.5 Å². The van der Waals surface area contributed by atoms with Crippen molar-refractivity contribution in [3.63, 3.8) is 0 Å². The standard InChI is InChI=1S/C9H14N4O2/c1-5-3-10-4-7(5)8(14)12-9-11-6(2)13-15-9/h5,7,10H,3-4H2,1-2H3,(H,11,12,13,14). The summed E-state index contributed by atoms with van der Waals surface area (Å²) in [5.74, 6) is 0.783. The van der Waals surface area contributed by atoms with Crippen molar-refractivity contribution in [2.45, 2.75) is 13.8 Å². The maximum atomic E-state index is 11.8. The van der Waals surface area contributed by atoms with Gasteiger partial charge in [-0.25, -0.2) is 0 Å². The van der Waals surface area contributed by atoms with Gasteiger partial charge in [0.15, 0.2) is 5.82 Å². The van der Waals surface area contributed by atoms with Crippen molar-refractivity contribution in [1.29, 1.82) is 0 Å². The third-order valence-electron chi connectivity index (χ3n) is 2.61. The van der Waals surface area contributed by atoms with E-state index < -0.39 is 0 Å². The van der Waals surface area contributed by atoms with Gasteiger partial charge in [0.2, 0.25) is 5.91 Å². The molecular weight excluding hydrogens is 196 g/mol. The van der Waals surface area contributed by atoms with E-state index in [1.165, 1.54) is 0 Å². The van der Waals surface area contributed by atoms with E-state index in [-0.39, 0.29) is 17.8 Å². The summed E-state index contributed by atoms with van der Waals surface area (Å²) in [7, 11) is 0. The lowest BCUT2D eigenvalue weighted by Gasteiger charge is -2.11. The van der Waals surface area contributed by atoms with Crippen molar-refractivity contribution in [3.05, 3.63) is 5.82 Å². The molecule has 6 heteroatoms. The molecule has 1 amide bonds. The Bertz CT molecular complexity index is 363. The van der Waals surface area contributed by atoms with Gasteiger partial charge in [-0.15, -0.1) is 0 Å². The maximum absolute atomic E-state index is 11.8. The van der Waals surface area contributed by atoms with Crippen LogP contribution in [0.25, 0.3) is 0 Å². The number of aromatic nitrogens is 2. The number of carbonyl (C=O) groups excluding carboxylic acids is 1. The lowest BCUT2D eigenvalue weighted by molar-refractivity contribution is -0.120. The van der Waals surface area contributed by atoms with Crippen LogP contribution in [0.4, 0.5) is 6.01 Å². The molecule has 1 fully saturated rings. The van der Waals surface area contributed by atoms with Crippen LogP contribution in [0.5, 0.6) is 0 Å². The second-order valence-corrected chi connectivity index (χ2v) is 3.88. The van der Waals surface area contributed by atoms with E-state index in [0.717, 1.165) is 6.54 Å². The Hall–Kier alpha value is -1.43. The van der Waals surface area contributed by atoms with Crippen LogP contribution < -0.4 is 10.6 Å². The molecule has 2 unspecified atom stereocenters. The van der Waals surface area contributed by atoms with Gasteiger partial charge in [-0.3, -0.25) is 10.1 Å². The lowest BCUT2D eigenvalue weighted by Crippen LogP contribution is -2.27. The van der Waals surface area contributed by atoms with E-state index in [1.54, 1.807) is 6.92 Å². The van der Waals surface area contributed by atoms with Gasteiger partial charge >= 0.3 is 6.01 Å². The molecule has 6 nitrogen and oxygen atoms in total. The molecule has 0 aliphatic carbocycles. The van der Waals surface area contributed by atoms with Crippen LogP contribution in [0.15, 0.2) is 4.52 Å². The zero-order chi connectivity index (χ0) is 10.8. The van der Waals surface area contributed by atoms with Crippen molar-refractivity contribution < 1.29 is 9.32 Å². The average molecular weight is 210 g/mol. The van der Waals surface area contributed by atoms with Gasteiger partial charge in [0.25, 0.3) is 0 Å². The van der Waals surface area contributed by atoms with Gasteiger partial charge in [0, 0.05) is 6.54 Å². The fourth-order valence-corrected chi connectivity index (χ4v) is 1.71. The maximum Gasteiger partial charge on any atom is 0.328 e. The lowest BCUT2D eigenvalue weighted by atomic mass is 9.97. The number of anilines is 1. The molecule has 0 saturated carbocycles. The molecule has 1 aliphatic rings. The van der Waals surface area contributed by atoms with Crippen LogP contribution in [-0.4, -0.2) is 29.1 Å². The van der Waals surface area contributed by atoms with Crippen molar-refractivity contribution in [2.24, 2.45) is 11.8 Å². The number of carbonyl (C=O) groups is 1. The number of rotatable bonds is 2. The summed E-state index contributed by atoms with van der Waals surface area (Å²) in [4.78, 5) is 15.7. The summed E-state index contributed by atoms with van der Waals surface area (Å²) in [6.07, 6.45) is 0. The Labute approximate surface area is 87.4 Å². The fraction of sp³-hybridized carbons (Fsp3) is 0.667. The molecule has 2 rings (SSSR count). The minimum atomic E-state index is -0.0591. The van der Waals surface area contributed by atoms with E-state index in [4.69, 9.17) is 4.52 Å². The number of hydrogen-bond donors (Lipinski definition) is 2. The highest BCUT2D eigenvalue weighted by molar-refractivity contribution is 5.91. The SMILES string of the molecule is Cc1noc(NC(=O)C2CNCC2C)n1. The third kappa shape index (κ3) is 2.15. The monoisotopic (exact) mass is 210 g/mol. The normalized spacial score (nSPS) is 25.5. The van der Waals surface area contributed by atoms with Gasteiger partial charge < -0.3 is 9.84 Å². The number of nitrogens with zero attached hydrogens (tertiary/aromatic N) is 2. The van der Waals surface area contributed by atoms with Crippen LogP contribution >= 0.6 is 0 Å². The van der Waals surface area contributed by atoms with Crippen molar-refractivity contribution >= 4 is 11.9 Å². The molecule has 82 valence electrons. The van der Waals surface area contributed by atoms with E-state index in [0.29, 0.717) is 18.3 Å². The Morgan fingerprint density at radius 2 is 2.40 bits per heavy atom. The topological polar surface area (TPSA) is 80.0 Å². The highest BCUT2D eigenvalue weighted by Gasteiger charge is 2.30. The molecule has 15 heavy (non-hydrogen) atoms. The highest BCUT2D eigenvalue weighted by atomic mass is 16.5. The summed E-state index contributed by atoms with van der Waals surface area (Å²) in [6.45, 7) is 5.34. The molecule has 2 N–H and O–H groups in total. The molecule has 0 bridgehead atoms. The number of amides is 1. The molecule has 0 radical (unpaired) electrons. The van der Waals surface area contributed by atoms with Gasteiger partial charge in [0.1, 0.15) is 0 Å². The number of aryl methyl sites for hydroxylation is 1. The minimum Gasteiger partial charge on any atom is -0.316 e. The van der Waals surface area contributed by atoms with Gasteiger partial charge in [-0.1, -0.05) is 12.1 Å². The van der Waals surface area contributed by atoms with Crippen LogP contribution in [0.2, 0.25) is 0 Å². The molecule has 2 heterocycles. The largest absolute Gasteiger partial charge is 0.328 e. The summed E-state index contributed by atoms with van der Waals surface area (Å²) >= 11 is 0. The summed E-state index contributed by atoms with van der Waals surface area (Å²) < 4.78 is 4.82. The van der Waals surface area contributed by atoms with E-state index >= 15 is 0 Å². The minimum absolute atomic E-state index is 0.0165. The Morgan fingerprint density at radius 3 is 2.93 bits per heavy atom. The smallest absolute Gasteiger partial charge is 0.316 e. The van der Waals surface area contributed by atoms with Crippen LogP contribution in [0, 0.1) is 18.8 Å². The molecule has 0 spiro atoms. The molecule has 0 aromatic carbocycles. The first-order chi connectivity index (χ1) is 7.16. The van der Waals surface area contributed by atoms with Crippen LogP contribution in [-0.2, 0) is 4.79 Å². The summed E-state index contributed by atoms with van der Waals surface area (Å²) in [5.41, 5.74) is 0. The predicted octanol–water partition coefficient (Wildman–Crippen LogP) is 0.172. The Morgan fingerprint density at radius 1 is 1.60 bits per heavy atom. The zero-order valence-corrected chi connectivity index (χ0v) is 8.78. The van der Waals surface area contributed by atoms with Crippen molar-refractivity contribution in [2.75, 3.05) is 18.4 Å². The first-order valence-electron chi connectivity index (χ1n) is 4.98. The predicted molar refractivity (Wildman–Crippen MR) is 53.2 cm³/mol. The second kappa shape index (κ2) is 3.98. The van der Waals surface area contributed by atoms with Crippen LogP contribution in [0.3, 0.4) is 0 Å². The number of hydrogen-bond acceptors (Lipinski definition) is 5. The first-order valence-corrected chi connectivity index (χ1v) is 4.98. The molecular formula is C9H14N4O2. The van der Waals surface area contributed by atoms with E-state index in [2.05, 4.69) is 20.8 Å². The number of nitrogens with one attached hydrogen (secondary N) is 2. The molecule has 1 saturated heterocycles. The van der Waals surface area contributed by atoms with Gasteiger partial charge in [-0.05, 0) is 19.4 Å². The zero-order valence-electron chi connectivity index (χ0n) is 8.78. The van der Waals surface area contributed by atoms with E-state index in [1.807, 2.05) is 6.92 Å². The van der Waals surface area contributed by atoms with E-state index in [9.17, 15) is 4.79 Å². The molecule has 1 aromatic heterocycles. The Kier molecular flexibility index (Phi) is 2.68. The Balaban J connectivity index is 1.97. The van der Waals surface area contributed by atoms with Gasteiger partial charge in [0.05, 0.1) is 5.92 Å². The molecule has 1 aromatic rings. The summed E-state index contributed by atoms with van der Waals surface area (Å²) in [6, 6.07) is 0.177. The first kappa shape index (κ1) is 10.1. The molecule has 2 atom stereocenters. The molecule has 1 aliphatic heterocycles. The van der Waals surface area contributed by atoms with Crippen molar-refractivity contribution in [3.8, 4) is 0 Å². The quantitative estimate of drug-likeness (QED) is 0.727. The van der Waals surface area contributed by atoms with Crippen LogP contribution in [0.1, 0.15) is 12.7 Å². The third-order valence-corrected chi connectivity index (χ3v) is 2.61. The second-order valence-electron chi connectivity index (χ2n) is 3.88. The summed E-state index contributed by atoms with van der Waals surface area (Å²) in [5, 5.41) is 9.38. The van der Waals surface area contributed by atoms with Gasteiger partial charge in [-0.2, -0.15) is 4.98 Å². The highest BCUT2D eigenvalue weighted by Crippen LogP contribution is 2.17. The fourth-order valence-electron chi connectivity index (χ4n) is 1.71.